The van der Waals surface area contributed by atoms with Crippen LogP contribution in [0.5, 0.6) is 0 Å². The van der Waals surface area contributed by atoms with E-state index in [1.807, 2.05) is 0 Å². The van der Waals surface area contributed by atoms with Gasteiger partial charge in [-0.05, 0) is 35.9 Å². The molecule has 4 nitrogen and oxygen atoms in total. The standard InChI is InChI=1S/C17H14F2N2O2/c1-10(22)21-9-16(23)20-15-7-6-13(19)8-14(15)17(21)11-2-4-12(18)5-3-11/h2-8,17H,9H2,1H3,(H,20,23)/t17-/m1/s1. The van der Waals surface area contributed by atoms with E-state index >= 15 is 0 Å². The highest BCUT2D eigenvalue weighted by atomic mass is 19.1. The summed E-state index contributed by atoms with van der Waals surface area (Å²) in [5.74, 6) is -1.58. The molecule has 0 spiro atoms. The Morgan fingerprint density at radius 2 is 1.78 bits per heavy atom. The number of carbonyl (C=O) groups excluding carboxylic acids is 2. The molecule has 0 aromatic heterocycles. The van der Waals surface area contributed by atoms with Crippen LogP contribution >= 0.6 is 0 Å². The first-order valence-corrected chi connectivity index (χ1v) is 7.07. The van der Waals surface area contributed by atoms with E-state index in [1.54, 1.807) is 0 Å². The van der Waals surface area contributed by atoms with Gasteiger partial charge in [-0.15, -0.1) is 0 Å². The zero-order valence-corrected chi connectivity index (χ0v) is 12.3. The molecule has 23 heavy (non-hydrogen) atoms. The van der Waals surface area contributed by atoms with Crippen molar-refractivity contribution in [2.75, 3.05) is 11.9 Å². The molecule has 1 aliphatic rings. The Hall–Kier alpha value is -2.76. The molecule has 1 heterocycles. The Balaban J connectivity index is 2.21. The van der Waals surface area contributed by atoms with Crippen LogP contribution in [-0.4, -0.2) is 23.3 Å². The first-order valence-electron chi connectivity index (χ1n) is 7.07. The number of hydrogen-bond donors (Lipinski definition) is 1. The molecule has 1 aliphatic heterocycles. The molecule has 3 rings (SSSR count). The number of rotatable bonds is 1. The van der Waals surface area contributed by atoms with Gasteiger partial charge < -0.3 is 10.2 Å². The predicted octanol–water partition coefficient (Wildman–Crippen LogP) is 2.85. The Morgan fingerprint density at radius 3 is 2.43 bits per heavy atom. The molecule has 0 aliphatic carbocycles. The fraction of sp³-hybridized carbons (Fsp3) is 0.176. The van der Waals surface area contributed by atoms with Crippen molar-refractivity contribution in [3.63, 3.8) is 0 Å². The SMILES string of the molecule is CC(=O)N1CC(=O)Nc2ccc(F)cc2[C@H]1c1ccc(F)cc1. The van der Waals surface area contributed by atoms with Gasteiger partial charge in [0.15, 0.2) is 0 Å². The summed E-state index contributed by atoms with van der Waals surface area (Å²) in [6.45, 7) is 1.18. The molecule has 0 saturated heterocycles. The van der Waals surface area contributed by atoms with E-state index in [4.69, 9.17) is 0 Å². The highest BCUT2D eigenvalue weighted by Gasteiger charge is 2.32. The van der Waals surface area contributed by atoms with E-state index in [9.17, 15) is 18.4 Å². The van der Waals surface area contributed by atoms with Crippen LogP contribution in [0.1, 0.15) is 24.1 Å². The van der Waals surface area contributed by atoms with Crippen molar-refractivity contribution in [1.82, 2.24) is 4.90 Å². The third-order valence-electron chi connectivity index (χ3n) is 3.80. The first kappa shape index (κ1) is 15.1. The molecule has 118 valence electrons. The number of amides is 2. The van der Waals surface area contributed by atoms with Gasteiger partial charge in [0.1, 0.15) is 18.2 Å². The Bertz CT molecular complexity index is 775. The summed E-state index contributed by atoms with van der Waals surface area (Å²) >= 11 is 0. The van der Waals surface area contributed by atoms with Gasteiger partial charge in [0.2, 0.25) is 11.8 Å². The molecule has 0 radical (unpaired) electrons. The van der Waals surface area contributed by atoms with E-state index in [1.165, 1.54) is 54.3 Å². The summed E-state index contributed by atoms with van der Waals surface area (Å²) in [5.41, 5.74) is 1.50. The van der Waals surface area contributed by atoms with Crippen LogP contribution in [-0.2, 0) is 9.59 Å². The average molecular weight is 316 g/mol. The van der Waals surface area contributed by atoms with E-state index in [0.29, 0.717) is 16.8 Å². The number of carbonyl (C=O) groups is 2. The minimum atomic E-state index is -0.669. The molecule has 0 unspecified atom stereocenters. The summed E-state index contributed by atoms with van der Waals surface area (Å²) in [6, 6.07) is 8.91. The van der Waals surface area contributed by atoms with E-state index in [2.05, 4.69) is 5.32 Å². The second-order valence-corrected chi connectivity index (χ2v) is 5.38. The highest BCUT2D eigenvalue weighted by molar-refractivity contribution is 5.96. The van der Waals surface area contributed by atoms with Crippen molar-refractivity contribution < 1.29 is 18.4 Å². The number of benzene rings is 2. The van der Waals surface area contributed by atoms with Crippen LogP contribution in [0, 0.1) is 11.6 Å². The summed E-state index contributed by atoms with van der Waals surface area (Å²) in [4.78, 5) is 25.4. The lowest BCUT2D eigenvalue weighted by molar-refractivity contribution is -0.134. The number of halogens is 2. The lowest BCUT2D eigenvalue weighted by atomic mass is 9.95. The molecular weight excluding hydrogens is 302 g/mol. The highest BCUT2D eigenvalue weighted by Crippen LogP contribution is 2.36. The molecule has 2 aromatic carbocycles. The van der Waals surface area contributed by atoms with Gasteiger partial charge in [0.25, 0.3) is 0 Å². The van der Waals surface area contributed by atoms with E-state index in [-0.39, 0.29) is 18.4 Å². The molecule has 1 N–H and O–H groups in total. The molecule has 0 saturated carbocycles. The third kappa shape index (κ3) is 2.92. The maximum Gasteiger partial charge on any atom is 0.244 e. The Labute approximate surface area is 131 Å². The average Bonchev–Trinajstić information content (AvgIpc) is 2.64. The zero-order chi connectivity index (χ0) is 16.6. The number of fused-ring (bicyclic) bond motifs is 1. The first-order chi connectivity index (χ1) is 11.0. The van der Waals surface area contributed by atoms with Gasteiger partial charge >= 0.3 is 0 Å². The number of anilines is 1. The fourth-order valence-electron chi connectivity index (χ4n) is 2.77. The number of nitrogens with zero attached hydrogens (tertiary/aromatic N) is 1. The van der Waals surface area contributed by atoms with Crippen LogP contribution in [0.3, 0.4) is 0 Å². The minimum Gasteiger partial charge on any atom is -0.324 e. The van der Waals surface area contributed by atoms with Crippen molar-refractivity contribution in [3.8, 4) is 0 Å². The molecule has 2 amide bonds. The van der Waals surface area contributed by atoms with Gasteiger partial charge in [-0.2, -0.15) is 0 Å². The van der Waals surface area contributed by atoms with Crippen LogP contribution in [0.15, 0.2) is 42.5 Å². The summed E-state index contributed by atoms with van der Waals surface area (Å²) in [5, 5.41) is 2.67. The van der Waals surface area contributed by atoms with Crippen molar-refractivity contribution in [2.45, 2.75) is 13.0 Å². The molecule has 0 fully saturated rings. The van der Waals surface area contributed by atoms with Crippen molar-refractivity contribution in [2.24, 2.45) is 0 Å². The van der Waals surface area contributed by atoms with Crippen molar-refractivity contribution in [1.29, 1.82) is 0 Å². The smallest absolute Gasteiger partial charge is 0.244 e. The number of hydrogen-bond acceptors (Lipinski definition) is 2. The zero-order valence-electron chi connectivity index (χ0n) is 12.3. The second-order valence-electron chi connectivity index (χ2n) is 5.38. The molecule has 0 bridgehead atoms. The van der Waals surface area contributed by atoms with Crippen molar-refractivity contribution >= 4 is 17.5 Å². The van der Waals surface area contributed by atoms with E-state index in [0.717, 1.165) is 0 Å². The summed E-state index contributed by atoms with van der Waals surface area (Å²) in [6.07, 6.45) is 0. The summed E-state index contributed by atoms with van der Waals surface area (Å²) in [7, 11) is 0. The molecule has 1 atom stereocenters. The van der Waals surface area contributed by atoms with Gasteiger partial charge in [-0.3, -0.25) is 9.59 Å². The van der Waals surface area contributed by atoms with Gasteiger partial charge in [-0.1, -0.05) is 12.1 Å². The molecule has 6 heteroatoms. The molecular formula is C17H14F2N2O2. The Kier molecular flexibility index (Phi) is 3.82. The third-order valence-corrected chi connectivity index (χ3v) is 3.80. The van der Waals surface area contributed by atoms with Gasteiger partial charge in [0, 0.05) is 18.2 Å². The maximum atomic E-state index is 13.7. The van der Waals surface area contributed by atoms with E-state index < -0.39 is 17.7 Å². The van der Waals surface area contributed by atoms with Crippen LogP contribution < -0.4 is 5.32 Å². The lowest BCUT2D eigenvalue weighted by Crippen LogP contribution is -2.37. The topological polar surface area (TPSA) is 49.4 Å². The minimum absolute atomic E-state index is 0.159. The monoisotopic (exact) mass is 316 g/mol. The van der Waals surface area contributed by atoms with Crippen LogP contribution in [0.2, 0.25) is 0 Å². The maximum absolute atomic E-state index is 13.7. The normalized spacial score (nSPS) is 17.3. The van der Waals surface area contributed by atoms with Crippen LogP contribution in [0.4, 0.5) is 14.5 Å². The van der Waals surface area contributed by atoms with Gasteiger partial charge in [0.05, 0.1) is 6.04 Å². The predicted molar refractivity (Wildman–Crippen MR) is 80.7 cm³/mol. The second kappa shape index (κ2) is 5.79. The van der Waals surface area contributed by atoms with Crippen LogP contribution in [0.25, 0.3) is 0 Å². The Morgan fingerprint density at radius 1 is 1.13 bits per heavy atom. The van der Waals surface area contributed by atoms with Crippen molar-refractivity contribution in [3.05, 3.63) is 65.2 Å². The summed E-state index contributed by atoms with van der Waals surface area (Å²) < 4.78 is 26.9. The fourth-order valence-corrected chi connectivity index (χ4v) is 2.77. The largest absolute Gasteiger partial charge is 0.324 e. The lowest BCUT2D eigenvalue weighted by Gasteiger charge is -2.29. The van der Waals surface area contributed by atoms with Gasteiger partial charge in [-0.25, -0.2) is 8.78 Å². The molecule has 2 aromatic rings. The quantitative estimate of drug-likeness (QED) is 0.879. The number of nitrogens with one attached hydrogen (secondary N) is 1.